The summed E-state index contributed by atoms with van der Waals surface area (Å²) in [5.41, 5.74) is 2.28. The topological polar surface area (TPSA) is 46.2 Å². The van der Waals surface area contributed by atoms with Crippen molar-refractivity contribution in [3.63, 3.8) is 0 Å². The highest BCUT2D eigenvalue weighted by atomic mass is 32.2. The van der Waals surface area contributed by atoms with E-state index in [4.69, 9.17) is 0 Å². The highest BCUT2D eigenvalue weighted by Gasteiger charge is 2.41. The van der Waals surface area contributed by atoms with E-state index in [0.29, 0.717) is 10.6 Å². The average molecular weight is 321 g/mol. The molecule has 1 aliphatic carbocycles. The van der Waals surface area contributed by atoms with Crippen LogP contribution in [0.4, 0.5) is 0 Å². The Morgan fingerprint density at radius 3 is 2.76 bits per heavy atom. The van der Waals surface area contributed by atoms with Crippen molar-refractivity contribution in [3.8, 4) is 0 Å². The Morgan fingerprint density at radius 2 is 2.05 bits per heavy atom. The van der Waals surface area contributed by atoms with Crippen LogP contribution in [0.3, 0.4) is 0 Å². The first kappa shape index (κ1) is 14.8. The Kier molecular flexibility index (Phi) is 4.15. The number of sulfone groups is 1. The van der Waals surface area contributed by atoms with Gasteiger partial charge >= 0.3 is 0 Å². The van der Waals surface area contributed by atoms with Crippen LogP contribution in [0.5, 0.6) is 0 Å². The number of hydrogen-bond donors (Lipinski definition) is 1. The Hall–Kier alpha value is -1.17. The molecule has 0 radical (unpaired) electrons. The van der Waals surface area contributed by atoms with Crippen molar-refractivity contribution in [2.75, 3.05) is 6.54 Å². The zero-order valence-corrected chi connectivity index (χ0v) is 13.6. The Morgan fingerprint density at radius 1 is 1.24 bits per heavy atom. The molecular weight excluding hydrogens is 302 g/mol. The van der Waals surface area contributed by atoms with Crippen LogP contribution in [0.2, 0.25) is 0 Å². The molecule has 2 aromatic rings. The zero-order valence-electron chi connectivity index (χ0n) is 12.0. The van der Waals surface area contributed by atoms with Crippen molar-refractivity contribution in [2.24, 2.45) is 0 Å². The van der Waals surface area contributed by atoms with Gasteiger partial charge in [-0.1, -0.05) is 37.3 Å². The van der Waals surface area contributed by atoms with E-state index in [2.05, 4.69) is 12.2 Å². The summed E-state index contributed by atoms with van der Waals surface area (Å²) in [6.45, 7) is 2.92. The van der Waals surface area contributed by atoms with Gasteiger partial charge in [-0.3, -0.25) is 0 Å². The number of benzene rings is 1. The lowest BCUT2D eigenvalue weighted by Gasteiger charge is -2.21. The molecule has 0 saturated heterocycles. The van der Waals surface area contributed by atoms with Crippen molar-refractivity contribution >= 4 is 21.2 Å². The maximum absolute atomic E-state index is 12.9. The predicted molar refractivity (Wildman–Crippen MR) is 86.5 cm³/mol. The van der Waals surface area contributed by atoms with Gasteiger partial charge in [-0.05, 0) is 42.0 Å². The molecule has 21 heavy (non-hydrogen) atoms. The van der Waals surface area contributed by atoms with Crippen LogP contribution in [-0.4, -0.2) is 20.2 Å². The van der Waals surface area contributed by atoms with Gasteiger partial charge in [-0.2, -0.15) is 0 Å². The first-order chi connectivity index (χ1) is 10.1. The molecule has 0 aliphatic heterocycles. The molecule has 0 spiro atoms. The third-order valence-corrected chi connectivity index (χ3v) is 7.55. The number of nitrogens with one attached hydrogen (secondary N) is 1. The largest absolute Gasteiger partial charge is 0.309 e. The maximum Gasteiger partial charge on any atom is 0.192 e. The molecule has 5 heteroatoms. The molecular formula is C16H19NO2S2. The normalized spacial score (nSPS) is 21.4. The second-order valence-electron chi connectivity index (χ2n) is 5.35. The van der Waals surface area contributed by atoms with Crippen molar-refractivity contribution < 1.29 is 8.42 Å². The van der Waals surface area contributed by atoms with Gasteiger partial charge in [-0.25, -0.2) is 8.42 Å². The van der Waals surface area contributed by atoms with Crippen LogP contribution in [0.1, 0.15) is 30.5 Å². The van der Waals surface area contributed by atoms with E-state index in [0.717, 1.165) is 24.1 Å². The zero-order chi connectivity index (χ0) is 14.9. The van der Waals surface area contributed by atoms with Crippen molar-refractivity contribution in [3.05, 3.63) is 52.9 Å². The minimum Gasteiger partial charge on any atom is -0.309 e. The summed E-state index contributed by atoms with van der Waals surface area (Å²) in [4.78, 5) is 0. The van der Waals surface area contributed by atoms with Crippen molar-refractivity contribution in [1.82, 2.24) is 5.32 Å². The fourth-order valence-electron chi connectivity index (χ4n) is 2.96. The Balaban J connectivity index is 1.99. The lowest BCUT2D eigenvalue weighted by Crippen LogP contribution is -2.35. The minimum absolute atomic E-state index is 0.103. The molecule has 1 heterocycles. The van der Waals surface area contributed by atoms with Gasteiger partial charge in [0.2, 0.25) is 0 Å². The van der Waals surface area contributed by atoms with Gasteiger partial charge in [0.25, 0.3) is 0 Å². The smallest absolute Gasteiger partial charge is 0.192 e. The lowest BCUT2D eigenvalue weighted by molar-refractivity contribution is 0.506. The highest BCUT2D eigenvalue weighted by molar-refractivity contribution is 7.94. The van der Waals surface area contributed by atoms with E-state index >= 15 is 0 Å². The van der Waals surface area contributed by atoms with E-state index in [9.17, 15) is 8.42 Å². The van der Waals surface area contributed by atoms with Crippen LogP contribution in [-0.2, 0) is 16.3 Å². The van der Waals surface area contributed by atoms with Gasteiger partial charge in [0.05, 0.1) is 5.25 Å². The summed E-state index contributed by atoms with van der Waals surface area (Å²) in [5.74, 6) is 0. The molecule has 112 valence electrons. The Bertz CT molecular complexity index is 708. The van der Waals surface area contributed by atoms with Crippen LogP contribution in [0, 0.1) is 0 Å². The quantitative estimate of drug-likeness (QED) is 0.920. The summed E-state index contributed by atoms with van der Waals surface area (Å²) < 4.78 is 26.3. The first-order valence-electron chi connectivity index (χ1n) is 7.23. The molecule has 1 aromatic carbocycles. The minimum atomic E-state index is -3.29. The number of rotatable bonds is 5. The molecule has 1 aliphatic rings. The molecule has 3 nitrogen and oxygen atoms in total. The van der Waals surface area contributed by atoms with Gasteiger partial charge in [0.1, 0.15) is 4.21 Å². The average Bonchev–Trinajstić information content (AvgIpc) is 3.13. The van der Waals surface area contributed by atoms with Crippen molar-refractivity contribution in [2.45, 2.75) is 35.3 Å². The van der Waals surface area contributed by atoms with Crippen LogP contribution in [0.25, 0.3) is 0 Å². The van der Waals surface area contributed by atoms with Crippen molar-refractivity contribution in [1.29, 1.82) is 0 Å². The molecule has 0 saturated carbocycles. The summed E-state index contributed by atoms with van der Waals surface area (Å²) in [6.07, 6.45) is 1.59. The molecule has 2 unspecified atom stereocenters. The lowest BCUT2D eigenvalue weighted by atomic mass is 10.1. The summed E-state index contributed by atoms with van der Waals surface area (Å²) in [6, 6.07) is 11.5. The maximum atomic E-state index is 12.9. The summed E-state index contributed by atoms with van der Waals surface area (Å²) in [5, 5.41) is 4.85. The second kappa shape index (κ2) is 5.91. The van der Waals surface area contributed by atoms with Gasteiger partial charge in [0.15, 0.2) is 9.84 Å². The summed E-state index contributed by atoms with van der Waals surface area (Å²) in [7, 11) is -3.29. The second-order valence-corrected chi connectivity index (χ2v) is 8.69. The monoisotopic (exact) mass is 321 g/mol. The van der Waals surface area contributed by atoms with E-state index in [1.807, 2.05) is 29.6 Å². The van der Waals surface area contributed by atoms with Crippen LogP contribution < -0.4 is 5.32 Å². The highest BCUT2D eigenvalue weighted by Crippen LogP contribution is 2.38. The van der Waals surface area contributed by atoms with E-state index < -0.39 is 15.1 Å². The summed E-state index contributed by atoms with van der Waals surface area (Å²) >= 11 is 1.31. The van der Waals surface area contributed by atoms with Crippen LogP contribution in [0.15, 0.2) is 46.0 Å². The predicted octanol–water partition coefficient (Wildman–Crippen LogP) is 3.19. The van der Waals surface area contributed by atoms with E-state index in [1.54, 1.807) is 12.1 Å². The molecule has 1 N–H and O–H groups in total. The number of fused-ring (bicyclic) bond motifs is 1. The fourth-order valence-corrected chi connectivity index (χ4v) is 6.05. The number of hydrogen-bond acceptors (Lipinski definition) is 4. The molecule has 2 atom stereocenters. The van der Waals surface area contributed by atoms with Crippen LogP contribution >= 0.6 is 11.3 Å². The Labute approximate surface area is 129 Å². The molecule has 3 rings (SSSR count). The third-order valence-electron chi connectivity index (χ3n) is 3.97. The van der Waals surface area contributed by atoms with Gasteiger partial charge in [0, 0.05) is 6.04 Å². The van der Waals surface area contributed by atoms with Gasteiger partial charge in [-0.15, -0.1) is 11.3 Å². The number of thiophene rings is 1. The SMILES string of the molecule is CCCNC1c2ccccc2CC1S(=O)(=O)c1cccs1. The van der Waals surface area contributed by atoms with E-state index in [1.165, 1.54) is 11.3 Å². The van der Waals surface area contributed by atoms with E-state index in [-0.39, 0.29) is 6.04 Å². The molecule has 1 aromatic heterocycles. The first-order valence-corrected chi connectivity index (χ1v) is 9.65. The standard InChI is InChI=1S/C16H19NO2S2/c1-2-9-17-16-13-7-4-3-6-12(13)11-14(16)21(18,19)15-8-5-10-20-15/h3-8,10,14,16-17H,2,9,11H2,1H3. The molecule has 0 amide bonds. The third kappa shape index (κ3) is 2.65. The fraction of sp³-hybridized carbons (Fsp3) is 0.375. The van der Waals surface area contributed by atoms with Gasteiger partial charge < -0.3 is 5.32 Å². The molecule has 0 bridgehead atoms. The molecule has 0 fully saturated rings.